The topological polar surface area (TPSA) is 30.1 Å². The van der Waals surface area contributed by atoms with Crippen LogP contribution in [-0.4, -0.2) is 11.8 Å². The van der Waals surface area contributed by atoms with E-state index in [4.69, 9.17) is 4.42 Å². The molecule has 0 radical (unpaired) electrons. The van der Waals surface area contributed by atoms with E-state index >= 15 is 0 Å². The summed E-state index contributed by atoms with van der Waals surface area (Å²) < 4.78 is 12.5. The van der Waals surface area contributed by atoms with Crippen LogP contribution in [0.2, 0.25) is 0 Å². The first-order valence-electron chi connectivity index (χ1n) is 25.7. The normalized spacial score (nSPS) is 15.1. The average molecular weight is 941 g/mol. The summed E-state index contributed by atoms with van der Waals surface area (Å²) in [6, 6.07) is 57.0. The van der Waals surface area contributed by atoms with Gasteiger partial charge >= 0.3 is 0 Å². The summed E-state index contributed by atoms with van der Waals surface area (Å²) in [5.41, 5.74) is 21.2. The van der Waals surface area contributed by atoms with Crippen LogP contribution in [0.3, 0.4) is 0 Å². The lowest BCUT2D eigenvalue weighted by atomic mass is 9.58. The van der Waals surface area contributed by atoms with Crippen LogP contribution in [0.4, 0.5) is 11.4 Å². The molecule has 0 spiro atoms. The second-order valence-electron chi connectivity index (χ2n) is 24.1. The molecule has 3 aromatic heterocycles. The molecular formula is C66H61BN2OS. The van der Waals surface area contributed by atoms with Crippen LogP contribution in [0, 0.1) is 0 Å². The Balaban J connectivity index is 1.19. The van der Waals surface area contributed by atoms with Gasteiger partial charge in [-0.3, -0.25) is 0 Å². The Morgan fingerprint density at radius 1 is 0.592 bits per heavy atom. The van der Waals surface area contributed by atoms with E-state index in [9.17, 15) is 0 Å². The zero-order valence-electron chi connectivity index (χ0n) is 42.8. The molecule has 5 heteroatoms. The Hall–Kier alpha value is -6.82. The first-order chi connectivity index (χ1) is 33.9. The summed E-state index contributed by atoms with van der Waals surface area (Å²) in [6.07, 6.45) is 2.32. The summed E-state index contributed by atoms with van der Waals surface area (Å²) in [6.45, 7) is 23.7. The lowest BCUT2D eigenvalue weighted by Crippen LogP contribution is -2.37. The van der Waals surface area contributed by atoms with Crippen molar-refractivity contribution in [1.29, 1.82) is 0 Å². The van der Waals surface area contributed by atoms with Crippen LogP contribution in [0.25, 0.3) is 92.2 Å². The molecule has 4 heterocycles. The standard InChI is InChI=1S/C66H61BN2OS/c1-63(2,3)40-25-28-42(29-26-40)68-50-30-27-41(64(4,5)6)33-44(50)56-57-43-23-17-18-24-54(43)71-62(57)58-45-34-47-48(66(9,10)32-31-65(47,7)8)36-51(45)69-52-35-46-53(37-49(52)67-59(56)60(58)69)70-61(39-21-15-12-16-22-39)55(46)38-19-13-11-14-20-38/h11-30,33-37,67-68H,31-32H2,1-10H3. The summed E-state index contributed by atoms with van der Waals surface area (Å²) in [7, 11) is 0.756. The summed E-state index contributed by atoms with van der Waals surface area (Å²) in [4.78, 5) is 0. The van der Waals surface area contributed by atoms with Gasteiger partial charge in [-0.1, -0.05) is 172 Å². The third kappa shape index (κ3) is 6.82. The number of rotatable bonds is 5. The van der Waals surface area contributed by atoms with Gasteiger partial charge in [-0.2, -0.15) is 0 Å². The minimum Gasteiger partial charge on any atom is -0.455 e. The maximum Gasteiger partial charge on any atom is 0.198 e. The lowest BCUT2D eigenvalue weighted by molar-refractivity contribution is 0.332. The highest BCUT2D eigenvalue weighted by molar-refractivity contribution is 7.27. The fourth-order valence-corrected chi connectivity index (χ4v) is 13.5. The van der Waals surface area contributed by atoms with Crippen molar-refractivity contribution in [3.8, 4) is 39.3 Å². The maximum atomic E-state index is 7.14. The Labute approximate surface area is 422 Å². The van der Waals surface area contributed by atoms with Gasteiger partial charge in [0.1, 0.15) is 11.3 Å². The number of anilines is 2. The van der Waals surface area contributed by atoms with Gasteiger partial charge < -0.3 is 14.3 Å². The van der Waals surface area contributed by atoms with Gasteiger partial charge in [0, 0.05) is 70.1 Å². The van der Waals surface area contributed by atoms with Gasteiger partial charge in [-0.25, -0.2) is 0 Å². The molecule has 13 rings (SSSR count). The molecular weight excluding hydrogens is 880 g/mol. The third-order valence-electron chi connectivity index (χ3n) is 16.4. The number of nitrogens with one attached hydrogen (secondary N) is 1. The van der Waals surface area contributed by atoms with E-state index in [0.717, 1.165) is 64.9 Å². The predicted octanol–water partition coefficient (Wildman–Crippen LogP) is 17.3. The Morgan fingerprint density at radius 3 is 1.92 bits per heavy atom. The van der Waals surface area contributed by atoms with Crippen molar-refractivity contribution >= 4 is 93.9 Å². The number of furan rings is 1. The molecule has 0 amide bonds. The molecule has 350 valence electrons. The van der Waals surface area contributed by atoms with Crippen molar-refractivity contribution in [3.05, 3.63) is 174 Å². The molecule has 0 saturated carbocycles. The maximum absolute atomic E-state index is 7.14. The number of hydrogen-bond acceptors (Lipinski definition) is 3. The van der Waals surface area contributed by atoms with Crippen molar-refractivity contribution in [1.82, 2.24) is 4.57 Å². The monoisotopic (exact) mass is 940 g/mol. The van der Waals surface area contributed by atoms with E-state index in [2.05, 4.69) is 231 Å². The number of nitrogens with zero attached hydrogens (tertiary/aromatic N) is 1. The van der Waals surface area contributed by atoms with Crippen LogP contribution in [0.5, 0.6) is 0 Å². The van der Waals surface area contributed by atoms with Gasteiger partial charge in [0.05, 0.1) is 11.0 Å². The average Bonchev–Trinajstić information content (AvgIpc) is 4.03. The third-order valence-corrected chi connectivity index (χ3v) is 17.6. The number of benzene rings is 8. The summed E-state index contributed by atoms with van der Waals surface area (Å²) >= 11 is 1.97. The summed E-state index contributed by atoms with van der Waals surface area (Å²) in [5.74, 6) is 0.908. The summed E-state index contributed by atoms with van der Waals surface area (Å²) in [5, 5.41) is 10.5. The van der Waals surface area contributed by atoms with Crippen molar-refractivity contribution in [2.75, 3.05) is 5.32 Å². The zero-order valence-corrected chi connectivity index (χ0v) is 43.6. The largest absolute Gasteiger partial charge is 0.455 e. The second kappa shape index (κ2) is 15.3. The van der Waals surface area contributed by atoms with E-state index in [0.29, 0.717) is 0 Å². The number of hydrogen-bond donors (Lipinski definition) is 1. The molecule has 8 aromatic carbocycles. The smallest absolute Gasteiger partial charge is 0.198 e. The molecule has 0 fully saturated rings. The molecule has 1 aliphatic heterocycles. The Kier molecular flexibility index (Phi) is 9.54. The molecule has 1 aliphatic carbocycles. The zero-order chi connectivity index (χ0) is 48.9. The number of fused-ring (bicyclic) bond motifs is 11. The molecule has 0 saturated heterocycles. The number of aromatic nitrogens is 1. The predicted molar refractivity (Wildman–Crippen MR) is 309 cm³/mol. The van der Waals surface area contributed by atoms with Gasteiger partial charge in [0.25, 0.3) is 0 Å². The van der Waals surface area contributed by atoms with Gasteiger partial charge in [-0.05, 0) is 128 Å². The van der Waals surface area contributed by atoms with Crippen LogP contribution >= 0.6 is 11.3 Å². The van der Waals surface area contributed by atoms with Crippen molar-refractivity contribution in [3.63, 3.8) is 0 Å². The van der Waals surface area contributed by atoms with Gasteiger partial charge in [-0.15, -0.1) is 11.3 Å². The molecule has 0 bridgehead atoms. The van der Waals surface area contributed by atoms with E-state index < -0.39 is 0 Å². The van der Waals surface area contributed by atoms with E-state index in [1.165, 1.54) is 92.0 Å². The van der Waals surface area contributed by atoms with Crippen molar-refractivity contribution in [2.24, 2.45) is 0 Å². The van der Waals surface area contributed by atoms with Crippen LogP contribution in [-0.2, 0) is 21.7 Å². The Bertz CT molecular complexity index is 3980. The molecule has 0 unspecified atom stereocenters. The molecule has 2 aliphatic rings. The number of thiophene rings is 1. The van der Waals surface area contributed by atoms with Gasteiger partial charge in [0.15, 0.2) is 7.28 Å². The SMILES string of the molecule is CC(C)(C)c1ccc(Nc2ccc(C(C)(C)C)cc2-c2c3c4c(c5cc6c(cc5n4-c4cc5c(-c7ccccc7)c(-c7ccccc7)oc5cc4B3)C(C)(C)CCC6(C)C)c3sc4ccccc4c23)cc1. The lowest BCUT2D eigenvalue weighted by Gasteiger charge is -2.42. The quantitative estimate of drug-likeness (QED) is 0.174. The molecule has 11 aromatic rings. The van der Waals surface area contributed by atoms with Crippen molar-refractivity contribution < 1.29 is 4.42 Å². The van der Waals surface area contributed by atoms with Crippen LogP contribution in [0.1, 0.15) is 104 Å². The van der Waals surface area contributed by atoms with E-state index in [1.807, 2.05) is 11.3 Å². The van der Waals surface area contributed by atoms with E-state index in [1.54, 1.807) is 0 Å². The Morgan fingerprint density at radius 2 is 1.23 bits per heavy atom. The molecule has 3 nitrogen and oxygen atoms in total. The van der Waals surface area contributed by atoms with E-state index in [-0.39, 0.29) is 21.7 Å². The highest BCUT2D eigenvalue weighted by Crippen LogP contribution is 2.53. The first kappa shape index (κ1) is 44.1. The first-order valence-corrected chi connectivity index (χ1v) is 26.5. The highest BCUT2D eigenvalue weighted by atomic mass is 32.1. The molecule has 71 heavy (non-hydrogen) atoms. The minimum absolute atomic E-state index is 0.0345. The van der Waals surface area contributed by atoms with Gasteiger partial charge in [0.2, 0.25) is 0 Å². The fourth-order valence-electron chi connectivity index (χ4n) is 12.3. The van der Waals surface area contributed by atoms with Crippen molar-refractivity contribution in [2.45, 2.75) is 104 Å². The highest BCUT2D eigenvalue weighted by Gasteiger charge is 2.40. The molecule has 1 N–H and O–H groups in total. The fraction of sp³-hybridized carbons (Fsp3) is 0.242. The van der Waals surface area contributed by atoms with Crippen LogP contribution < -0.4 is 16.2 Å². The molecule has 0 atom stereocenters. The minimum atomic E-state index is -0.0726. The van der Waals surface area contributed by atoms with Crippen LogP contribution in [0.15, 0.2) is 156 Å². The second-order valence-corrected chi connectivity index (χ2v) is 25.1.